The average molecular weight is 262 g/mol. The van der Waals surface area contributed by atoms with Crippen LogP contribution in [0.1, 0.15) is 23.7 Å². The molecule has 1 aromatic rings. The van der Waals surface area contributed by atoms with Gasteiger partial charge in [-0.2, -0.15) is 5.26 Å². The van der Waals surface area contributed by atoms with Crippen LogP contribution >= 0.6 is 0 Å². The molecule has 1 rings (SSSR count). The summed E-state index contributed by atoms with van der Waals surface area (Å²) >= 11 is 0. The molecule has 19 heavy (non-hydrogen) atoms. The van der Waals surface area contributed by atoms with E-state index in [1.165, 1.54) is 6.07 Å². The molecule has 0 aliphatic rings. The number of hydrogen-bond donors (Lipinski definition) is 1. The molecule has 0 heterocycles. The van der Waals surface area contributed by atoms with Crippen LogP contribution in [0.25, 0.3) is 0 Å². The Morgan fingerprint density at radius 3 is 2.84 bits per heavy atom. The molecule has 0 radical (unpaired) electrons. The third-order valence-electron chi connectivity index (χ3n) is 2.96. The van der Waals surface area contributed by atoms with Crippen LogP contribution in [0.4, 0.5) is 0 Å². The van der Waals surface area contributed by atoms with Gasteiger partial charge in [-0.1, -0.05) is 12.1 Å². The van der Waals surface area contributed by atoms with Crippen molar-refractivity contribution in [1.29, 1.82) is 5.26 Å². The van der Waals surface area contributed by atoms with Crippen molar-refractivity contribution >= 4 is 5.97 Å². The molecule has 102 valence electrons. The van der Waals surface area contributed by atoms with E-state index in [1.807, 2.05) is 18.9 Å². The third kappa shape index (κ3) is 4.60. The lowest BCUT2D eigenvalue weighted by Crippen LogP contribution is -2.32. The van der Waals surface area contributed by atoms with Gasteiger partial charge in [0.1, 0.15) is 17.9 Å². The van der Waals surface area contributed by atoms with Crippen LogP contribution in [0.3, 0.4) is 0 Å². The first-order valence-corrected chi connectivity index (χ1v) is 6.08. The van der Waals surface area contributed by atoms with Crippen molar-refractivity contribution < 1.29 is 14.6 Å². The predicted molar refractivity (Wildman–Crippen MR) is 71.2 cm³/mol. The van der Waals surface area contributed by atoms with E-state index in [0.29, 0.717) is 25.3 Å². The fraction of sp³-hybridized carbons (Fsp3) is 0.429. The van der Waals surface area contributed by atoms with Gasteiger partial charge in [0, 0.05) is 12.6 Å². The van der Waals surface area contributed by atoms with Crippen LogP contribution < -0.4 is 4.74 Å². The molecule has 0 aliphatic carbocycles. The quantitative estimate of drug-likeness (QED) is 0.813. The number of ether oxygens (including phenoxy) is 1. The summed E-state index contributed by atoms with van der Waals surface area (Å²) in [6.45, 7) is 2.99. The zero-order valence-electron chi connectivity index (χ0n) is 11.2. The molecule has 1 N–H and O–H groups in total. The predicted octanol–water partition coefficient (Wildman–Crippen LogP) is 2.00. The Morgan fingerprint density at radius 2 is 2.21 bits per heavy atom. The average Bonchev–Trinajstić information content (AvgIpc) is 2.39. The number of rotatable bonds is 7. The van der Waals surface area contributed by atoms with Gasteiger partial charge in [0.2, 0.25) is 0 Å². The highest BCUT2D eigenvalue weighted by Gasteiger charge is 2.11. The molecule has 0 saturated heterocycles. The van der Waals surface area contributed by atoms with Gasteiger partial charge in [0.25, 0.3) is 0 Å². The van der Waals surface area contributed by atoms with E-state index in [9.17, 15) is 4.79 Å². The summed E-state index contributed by atoms with van der Waals surface area (Å²) in [6, 6.07) is 8.83. The first-order chi connectivity index (χ1) is 9.06. The highest BCUT2D eigenvalue weighted by Crippen LogP contribution is 2.17. The molecule has 5 nitrogen and oxygen atoms in total. The van der Waals surface area contributed by atoms with E-state index in [0.717, 1.165) is 0 Å². The first-order valence-electron chi connectivity index (χ1n) is 6.08. The van der Waals surface area contributed by atoms with Gasteiger partial charge in [0.15, 0.2) is 0 Å². The molecule has 0 saturated carbocycles. The Balaban J connectivity index is 2.50. The van der Waals surface area contributed by atoms with Crippen LogP contribution in [0, 0.1) is 11.3 Å². The Bertz CT molecular complexity index is 468. The summed E-state index contributed by atoms with van der Waals surface area (Å²) in [6.07, 6.45) is 0.461. The topological polar surface area (TPSA) is 73.6 Å². The summed E-state index contributed by atoms with van der Waals surface area (Å²) in [4.78, 5) is 13.0. The molecular weight excluding hydrogens is 244 g/mol. The van der Waals surface area contributed by atoms with Crippen molar-refractivity contribution in [1.82, 2.24) is 4.90 Å². The Morgan fingerprint density at radius 1 is 1.53 bits per heavy atom. The SMILES string of the molecule is CC(CC#N)N(C)CCOc1ccccc1C(=O)O. The van der Waals surface area contributed by atoms with Gasteiger partial charge in [0.05, 0.1) is 12.5 Å². The van der Waals surface area contributed by atoms with E-state index >= 15 is 0 Å². The summed E-state index contributed by atoms with van der Waals surface area (Å²) in [5.41, 5.74) is 0.162. The van der Waals surface area contributed by atoms with Gasteiger partial charge in [-0.3, -0.25) is 4.90 Å². The molecule has 0 aliphatic heterocycles. The zero-order chi connectivity index (χ0) is 14.3. The maximum atomic E-state index is 11.0. The van der Waals surface area contributed by atoms with Gasteiger partial charge < -0.3 is 9.84 Å². The number of para-hydroxylation sites is 1. The van der Waals surface area contributed by atoms with Gasteiger partial charge in [-0.05, 0) is 26.1 Å². The fourth-order valence-corrected chi connectivity index (χ4v) is 1.58. The zero-order valence-corrected chi connectivity index (χ0v) is 11.2. The van der Waals surface area contributed by atoms with Crippen LogP contribution in [0.15, 0.2) is 24.3 Å². The maximum Gasteiger partial charge on any atom is 0.339 e. The number of carboxylic acid groups (broad SMARTS) is 1. The smallest absolute Gasteiger partial charge is 0.339 e. The molecule has 0 aromatic heterocycles. The molecule has 0 spiro atoms. The molecular formula is C14H18N2O3. The lowest BCUT2D eigenvalue weighted by atomic mass is 10.2. The maximum absolute atomic E-state index is 11.0. The van der Waals surface area contributed by atoms with Crippen molar-refractivity contribution in [2.75, 3.05) is 20.2 Å². The molecule has 5 heteroatoms. The van der Waals surface area contributed by atoms with Gasteiger partial charge in [-0.15, -0.1) is 0 Å². The lowest BCUT2D eigenvalue weighted by molar-refractivity contribution is 0.0691. The highest BCUT2D eigenvalue weighted by molar-refractivity contribution is 5.90. The van der Waals surface area contributed by atoms with Crippen molar-refractivity contribution in [2.45, 2.75) is 19.4 Å². The summed E-state index contributed by atoms with van der Waals surface area (Å²) < 4.78 is 5.49. The van der Waals surface area contributed by atoms with Crippen LogP contribution in [-0.4, -0.2) is 42.2 Å². The van der Waals surface area contributed by atoms with Crippen molar-refractivity contribution in [3.8, 4) is 11.8 Å². The second-order valence-electron chi connectivity index (χ2n) is 4.34. The highest BCUT2D eigenvalue weighted by atomic mass is 16.5. The number of carbonyl (C=O) groups is 1. The summed E-state index contributed by atoms with van der Waals surface area (Å²) in [7, 11) is 1.91. The molecule has 0 fully saturated rings. The van der Waals surface area contributed by atoms with E-state index in [2.05, 4.69) is 6.07 Å². The number of carboxylic acids is 1. The summed E-state index contributed by atoms with van der Waals surface area (Å²) in [5, 5.41) is 17.6. The minimum absolute atomic E-state index is 0.156. The Hall–Kier alpha value is -2.06. The minimum atomic E-state index is -0.998. The van der Waals surface area contributed by atoms with Crippen LogP contribution in [-0.2, 0) is 0 Å². The van der Waals surface area contributed by atoms with E-state index in [4.69, 9.17) is 15.1 Å². The Labute approximate surface area is 113 Å². The number of aromatic carboxylic acids is 1. The minimum Gasteiger partial charge on any atom is -0.491 e. The largest absolute Gasteiger partial charge is 0.491 e. The fourth-order valence-electron chi connectivity index (χ4n) is 1.58. The molecule has 1 atom stereocenters. The molecule has 0 amide bonds. The van der Waals surface area contributed by atoms with Crippen molar-refractivity contribution in [2.24, 2.45) is 0 Å². The summed E-state index contributed by atoms with van der Waals surface area (Å²) in [5.74, 6) is -0.627. The molecule has 1 unspecified atom stereocenters. The van der Waals surface area contributed by atoms with E-state index in [-0.39, 0.29) is 11.6 Å². The van der Waals surface area contributed by atoms with Crippen LogP contribution in [0.2, 0.25) is 0 Å². The second-order valence-corrected chi connectivity index (χ2v) is 4.34. The van der Waals surface area contributed by atoms with Crippen molar-refractivity contribution in [3.63, 3.8) is 0 Å². The monoisotopic (exact) mass is 262 g/mol. The standard InChI is InChI=1S/C14H18N2O3/c1-11(7-8-15)16(2)9-10-19-13-6-4-3-5-12(13)14(17)18/h3-6,11H,7,9-10H2,1-2H3,(H,17,18). The van der Waals surface area contributed by atoms with Gasteiger partial charge in [-0.25, -0.2) is 4.79 Å². The van der Waals surface area contributed by atoms with Gasteiger partial charge >= 0.3 is 5.97 Å². The normalized spacial score (nSPS) is 11.9. The third-order valence-corrected chi connectivity index (χ3v) is 2.96. The first kappa shape index (κ1) is 15.0. The second kappa shape index (κ2) is 7.39. The Kier molecular flexibility index (Phi) is 5.83. The van der Waals surface area contributed by atoms with Crippen LogP contribution in [0.5, 0.6) is 5.75 Å². The lowest BCUT2D eigenvalue weighted by Gasteiger charge is -2.22. The number of hydrogen-bond acceptors (Lipinski definition) is 4. The molecule has 1 aromatic carbocycles. The number of nitrogens with zero attached hydrogens (tertiary/aromatic N) is 2. The van der Waals surface area contributed by atoms with E-state index in [1.54, 1.807) is 18.2 Å². The number of nitriles is 1. The van der Waals surface area contributed by atoms with Crippen molar-refractivity contribution in [3.05, 3.63) is 29.8 Å². The number of benzene rings is 1. The number of likely N-dealkylation sites (N-methyl/N-ethyl adjacent to an activating group) is 1. The molecule has 0 bridgehead atoms. The van der Waals surface area contributed by atoms with E-state index < -0.39 is 5.97 Å².